The highest BCUT2D eigenvalue weighted by atomic mass is 35.5. The van der Waals surface area contributed by atoms with Crippen LogP contribution in [0.4, 0.5) is 29.5 Å². The number of nitrogens with one attached hydrogen (secondary N) is 1. The van der Waals surface area contributed by atoms with Gasteiger partial charge < -0.3 is 15.4 Å². The first kappa shape index (κ1) is 22.1. The van der Waals surface area contributed by atoms with E-state index in [2.05, 4.69) is 10.4 Å². The maximum Gasteiger partial charge on any atom is 0.412 e. The lowest BCUT2D eigenvalue weighted by molar-refractivity contribution is -0.132. The quantitative estimate of drug-likeness (QED) is 0.578. The molecule has 3 aromatic rings. The summed E-state index contributed by atoms with van der Waals surface area (Å²) in [6.07, 6.45) is -0.618. The average molecular weight is 492 g/mol. The summed E-state index contributed by atoms with van der Waals surface area (Å²) in [7, 11) is 0. The van der Waals surface area contributed by atoms with Gasteiger partial charge in [0.1, 0.15) is 29.7 Å². The van der Waals surface area contributed by atoms with Gasteiger partial charge in [-0.3, -0.25) is 10.1 Å². The summed E-state index contributed by atoms with van der Waals surface area (Å²) < 4.78 is 49.7. The van der Waals surface area contributed by atoms with Gasteiger partial charge in [-0.15, -0.1) is 0 Å². The molecule has 34 heavy (non-hydrogen) atoms. The zero-order valence-electron chi connectivity index (χ0n) is 17.4. The number of nitrogens with zero attached hydrogens (tertiary/aromatic N) is 3. The van der Waals surface area contributed by atoms with Gasteiger partial charge in [-0.2, -0.15) is 5.10 Å². The Labute approximate surface area is 196 Å². The predicted octanol–water partition coefficient (Wildman–Crippen LogP) is 3.89. The Morgan fingerprint density at radius 2 is 1.97 bits per heavy atom. The van der Waals surface area contributed by atoms with Crippen LogP contribution in [0, 0.1) is 17.5 Å². The highest BCUT2D eigenvalue weighted by Gasteiger charge is 2.50. The molecule has 3 N–H and O–H groups in total. The number of nitrogen functional groups attached to an aromatic ring is 1. The Kier molecular flexibility index (Phi) is 5.16. The van der Waals surface area contributed by atoms with Crippen molar-refractivity contribution in [2.45, 2.75) is 18.6 Å². The molecule has 2 aliphatic rings. The molecule has 8 nitrogen and oxygen atoms in total. The number of halogens is 4. The molecule has 0 saturated carbocycles. The largest absolute Gasteiger partial charge is 0.436 e. The van der Waals surface area contributed by atoms with Crippen molar-refractivity contribution >= 4 is 35.1 Å². The molecule has 1 spiro atoms. The lowest BCUT2D eigenvalue weighted by Crippen LogP contribution is -2.44. The highest BCUT2D eigenvalue weighted by Crippen LogP contribution is 2.45. The molecule has 176 valence electrons. The Morgan fingerprint density at radius 3 is 2.71 bits per heavy atom. The van der Waals surface area contributed by atoms with Gasteiger partial charge in [0.15, 0.2) is 11.4 Å². The maximum absolute atomic E-state index is 14.9. The Morgan fingerprint density at radius 1 is 1.24 bits per heavy atom. The van der Waals surface area contributed by atoms with Crippen LogP contribution in [-0.2, 0) is 21.7 Å². The summed E-state index contributed by atoms with van der Waals surface area (Å²) in [5.74, 6) is -2.79. The summed E-state index contributed by atoms with van der Waals surface area (Å²) in [6, 6.07) is 7.47. The minimum Gasteiger partial charge on any atom is -0.436 e. The van der Waals surface area contributed by atoms with E-state index in [1.807, 2.05) is 0 Å². The van der Waals surface area contributed by atoms with Crippen LogP contribution in [0.25, 0.3) is 11.3 Å². The van der Waals surface area contributed by atoms with E-state index < -0.39 is 35.1 Å². The fourth-order valence-corrected chi connectivity index (χ4v) is 4.55. The molecule has 1 fully saturated rings. The topological polar surface area (TPSA) is 102 Å². The monoisotopic (exact) mass is 491 g/mol. The number of carbonyl (C=O) groups is 2. The number of nitrogens with two attached hydrogens (primary N) is 1. The van der Waals surface area contributed by atoms with Crippen molar-refractivity contribution in [2.75, 3.05) is 24.1 Å². The summed E-state index contributed by atoms with van der Waals surface area (Å²) in [5, 5.41) is 6.39. The molecule has 0 radical (unpaired) electrons. The number of fused-ring (bicyclic) bond motifs is 2. The molecule has 2 aliphatic heterocycles. The van der Waals surface area contributed by atoms with Crippen molar-refractivity contribution in [3.05, 3.63) is 64.4 Å². The molecule has 1 atom stereocenters. The standard InChI is InChI=1S/C22H17ClF3N5O3/c23-11-4-5-14-19(20(11)26)22(34-21(33)28-14)6-7-30(10-22)17(32)9-31-16(27)8-15(29-31)18-12(24)2-1-3-13(18)25/h1-5,8H,6-7,9-10,27H2,(H,28,33)/t22-/m0/s1. The Bertz CT molecular complexity index is 1330. The summed E-state index contributed by atoms with van der Waals surface area (Å²) in [5.41, 5.74) is 4.40. The van der Waals surface area contributed by atoms with Crippen molar-refractivity contribution in [1.82, 2.24) is 14.7 Å². The number of anilines is 2. The maximum atomic E-state index is 14.9. The van der Waals surface area contributed by atoms with Gasteiger partial charge >= 0.3 is 6.09 Å². The third-order valence-corrected chi connectivity index (χ3v) is 6.27. The summed E-state index contributed by atoms with van der Waals surface area (Å²) in [6.45, 7) is -0.290. The number of likely N-dealkylation sites (tertiary alicyclic amines) is 1. The lowest BCUT2D eigenvalue weighted by Gasteiger charge is -2.35. The molecule has 0 aliphatic carbocycles. The molecule has 2 amide bonds. The summed E-state index contributed by atoms with van der Waals surface area (Å²) >= 11 is 5.94. The minimum atomic E-state index is -1.40. The van der Waals surface area contributed by atoms with E-state index in [9.17, 15) is 22.8 Å². The van der Waals surface area contributed by atoms with E-state index >= 15 is 0 Å². The number of hydrogen-bond donors (Lipinski definition) is 2. The second-order valence-electron chi connectivity index (χ2n) is 8.07. The first-order valence-corrected chi connectivity index (χ1v) is 10.6. The average Bonchev–Trinajstić information content (AvgIpc) is 3.34. The third-order valence-electron chi connectivity index (χ3n) is 5.97. The number of amides is 2. The van der Waals surface area contributed by atoms with E-state index in [1.54, 1.807) is 0 Å². The molecular formula is C22H17ClF3N5O3. The summed E-state index contributed by atoms with van der Waals surface area (Å²) in [4.78, 5) is 26.5. The third kappa shape index (κ3) is 3.52. The normalized spacial score (nSPS) is 19.2. The molecule has 1 aromatic heterocycles. The predicted molar refractivity (Wildman–Crippen MR) is 116 cm³/mol. The van der Waals surface area contributed by atoms with Crippen LogP contribution < -0.4 is 11.1 Å². The molecule has 12 heteroatoms. The van der Waals surface area contributed by atoms with Crippen LogP contribution >= 0.6 is 11.6 Å². The van der Waals surface area contributed by atoms with E-state index in [-0.39, 0.29) is 59.4 Å². The van der Waals surface area contributed by atoms with E-state index in [4.69, 9.17) is 22.1 Å². The van der Waals surface area contributed by atoms with Gasteiger partial charge in [-0.25, -0.2) is 22.6 Å². The Balaban J connectivity index is 1.39. The van der Waals surface area contributed by atoms with Gasteiger partial charge in [0.2, 0.25) is 5.91 Å². The van der Waals surface area contributed by atoms with Crippen molar-refractivity contribution in [1.29, 1.82) is 0 Å². The number of ether oxygens (including phenoxy) is 1. The van der Waals surface area contributed by atoms with Crippen molar-refractivity contribution < 1.29 is 27.5 Å². The fraction of sp³-hybridized carbons (Fsp3) is 0.227. The fourth-order valence-electron chi connectivity index (χ4n) is 4.40. The molecule has 0 unspecified atom stereocenters. The smallest absolute Gasteiger partial charge is 0.412 e. The van der Waals surface area contributed by atoms with Gasteiger partial charge in [-0.1, -0.05) is 17.7 Å². The van der Waals surface area contributed by atoms with Crippen LogP contribution in [0.5, 0.6) is 0 Å². The second-order valence-corrected chi connectivity index (χ2v) is 8.47. The van der Waals surface area contributed by atoms with Crippen LogP contribution in [0.1, 0.15) is 12.0 Å². The van der Waals surface area contributed by atoms with Crippen molar-refractivity contribution in [3.63, 3.8) is 0 Å². The minimum absolute atomic E-state index is 0.0244. The van der Waals surface area contributed by atoms with Crippen molar-refractivity contribution in [2.24, 2.45) is 0 Å². The Hall–Kier alpha value is -3.73. The van der Waals surface area contributed by atoms with Gasteiger partial charge in [0.05, 0.1) is 28.4 Å². The number of benzene rings is 2. The van der Waals surface area contributed by atoms with Gasteiger partial charge in [0.25, 0.3) is 0 Å². The van der Waals surface area contributed by atoms with Crippen LogP contribution in [0.15, 0.2) is 36.4 Å². The first-order chi connectivity index (χ1) is 16.2. The van der Waals surface area contributed by atoms with Crippen LogP contribution in [-0.4, -0.2) is 39.8 Å². The molecule has 3 heterocycles. The number of hydrogen-bond acceptors (Lipinski definition) is 5. The molecular weight excluding hydrogens is 475 g/mol. The van der Waals surface area contributed by atoms with Crippen molar-refractivity contribution in [3.8, 4) is 11.3 Å². The highest BCUT2D eigenvalue weighted by molar-refractivity contribution is 6.31. The molecule has 2 aromatic carbocycles. The van der Waals surface area contributed by atoms with E-state index in [1.165, 1.54) is 29.2 Å². The zero-order chi connectivity index (χ0) is 24.2. The molecule has 0 bridgehead atoms. The van der Waals surface area contributed by atoms with Crippen LogP contribution in [0.2, 0.25) is 5.02 Å². The second kappa shape index (κ2) is 7.94. The number of carbonyl (C=O) groups excluding carboxylic acids is 2. The van der Waals surface area contributed by atoms with E-state index in [0.717, 1.165) is 16.8 Å². The SMILES string of the molecule is Nc1cc(-c2c(F)cccc2F)nn1CC(=O)N1CC[C@@]2(C1)OC(=O)Nc1ccc(Cl)c(F)c12. The lowest BCUT2D eigenvalue weighted by atomic mass is 9.89. The zero-order valence-corrected chi connectivity index (χ0v) is 18.2. The van der Waals surface area contributed by atoms with E-state index in [0.29, 0.717) is 0 Å². The number of aromatic nitrogens is 2. The number of rotatable bonds is 3. The van der Waals surface area contributed by atoms with Gasteiger partial charge in [0, 0.05) is 19.0 Å². The van der Waals surface area contributed by atoms with Crippen LogP contribution in [0.3, 0.4) is 0 Å². The van der Waals surface area contributed by atoms with Gasteiger partial charge in [-0.05, 0) is 24.3 Å². The molecule has 5 rings (SSSR count). The molecule has 1 saturated heterocycles. The first-order valence-electron chi connectivity index (χ1n) is 10.2.